The first-order valence-electron chi connectivity index (χ1n) is 10.7. The van der Waals surface area contributed by atoms with E-state index in [1.807, 2.05) is 0 Å². The molecule has 2 saturated heterocycles. The number of aromatic nitrogens is 1. The summed E-state index contributed by atoms with van der Waals surface area (Å²) in [5.41, 5.74) is 3.36. The number of benzene rings is 2. The zero-order valence-corrected chi connectivity index (χ0v) is 19.4. The summed E-state index contributed by atoms with van der Waals surface area (Å²) in [6, 6.07) is 10.0. The Labute approximate surface area is 196 Å². The first-order valence-corrected chi connectivity index (χ1v) is 13.3. The summed E-state index contributed by atoms with van der Waals surface area (Å²) in [7, 11) is -3.61. The zero-order valence-electron chi connectivity index (χ0n) is 17.8. The molecule has 2 aliphatic rings. The third-order valence-electron chi connectivity index (χ3n) is 6.48. The van der Waals surface area contributed by atoms with Crippen molar-refractivity contribution in [1.82, 2.24) is 9.88 Å². The van der Waals surface area contributed by atoms with Crippen molar-refractivity contribution in [1.29, 1.82) is 0 Å². The van der Waals surface area contributed by atoms with Crippen LogP contribution in [0.2, 0.25) is 0 Å². The number of hydrogen-bond donors (Lipinski definition) is 0. The topological polar surface area (TPSA) is 70.6 Å². The lowest BCUT2D eigenvalue weighted by Crippen LogP contribution is -2.55. The Balaban J connectivity index is 1.27. The van der Waals surface area contributed by atoms with Crippen LogP contribution in [-0.4, -0.2) is 55.1 Å². The number of terminal acetylenes is 1. The molecule has 2 aromatic carbocycles. The smallest absolute Gasteiger partial charge is 0.223 e. The van der Waals surface area contributed by atoms with E-state index in [-0.39, 0.29) is 40.6 Å². The number of anilines is 1. The molecule has 2 atom stereocenters. The third-order valence-corrected chi connectivity index (χ3v) is 9.24. The van der Waals surface area contributed by atoms with E-state index in [1.54, 1.807) is 40.7 Å². The van der Waals surface area contributed by atoms with Gasteiger partial charge < -0.3 is 9.80 Å². The van der Waals surface area contributed by atoms with Crippen LogP contribution in [0.25, 0.3) is 10.2 Å². The normalized spacial score (nSPS) is 20.2. The van der Waals surface area contributed by atoms with E-state index >= 15 is 0 Å². The number of carbonyl (C=O) groups is 1. The van der Waals surface area contributed by atoms with Gasteiger partial charge in [-0.1, -0.05) is 12.0 Å². The largest absolute Gasteiger partial charge is 0.362 e. The van der Waals surface area contributed by atoms with Crippen LogP contribution in [0.3, 0.4) is 0 Å². The van der Waals surface area contributed by atoms with Crippen molar-refractivity contribution in [2.24, 2.45) is 0 Å². The first kappa shape index (κ1) is 21.9. The summed E-state index contributed by atoms with van der Waals surface area (Å²) in [5, 5.41) is 0. The molecule has 170 valence electrons. The monoisotopic (exact) mass is 483 g/mol. The minimum absolute atomic E-state index is 0.0608. The summed E-state index contributed by atoms with van der Waals surface area (Å²) < 4.78 is 40.3. The molecule has 2 fully saturated rings. The summed E-state index contributed by atoms with van der Waals surface area (Å²) in [6.07, 6.45) is 7.20. The number of amides is 1. The van der Waals surface area contributed by atoms with E-state index in [0.29, 0.717) is 23.3 Å². The average molecular weight is 484 g/mol. The summed E-state index contributed by atoms with van der Waals surface area (Å²) >= 11 is 1.29. The second kappa shape index (κ2) is 8.43. The van der Waals surface area contributed by atoms with Crippen molar-refractivity contribution in [2.45, 2.75) is 36.2 Å². The second-order valence-electron chi connectivity index (χ2n) is 8.43. The van der Waals surface area contributed by atoms with Gasteiger partial charge in [0.15, 0.2) is 9.84 Å². The van der Waals surface area contributed by atoms with Crippen molar-refractivity contribution in [3.63, 3.8) is 0 Å². The van der Waals surface area contributed by atoms with Gasteiger partial charge in [0.2, 0.25) is 5.91 Å². The number of carbonyl (C=O) groups excluding carboxylic acids is 1. The van der Waals surface area contributed by atoms with Gasteiger partial charge in [-0.15, -0.1) is 17.8 Å². The fourth-order valence-corrected chi connectivity index (χ4v) is 7.47. The molecule has 6 nitrogen and oxygen atoms in total. The molecule has 0 radical (unpaired) electrons. The van der Waals surface area contributed by atoms with Gasteiger partial charge in [-0.25, -0.2) is 17.8 Å². The van der Waals surface area contributed by atoms with Crippen LogP contribution in [0.4, 0.5) is 10.1 Å². The van der Waals surface area contributed by atoms with Gasteiger partial charge in [0.25, 0.3) is 0 Å². The quantitative estimate of drug-likeness (QED) is 0.520. The van der Waals surface area contributed by atoms with Crippen LogP contribution in [0, 0.1) is 18.2 Å². The molecule has 0 saturated carbocycles. The van der Waals surface area contributed by atoms with E-state index in [0.717, 1.165) is 18.5 Å². The second-order valence-corrected chi connectivity index (χ2v) is 11.4. The maximum atomic E-state index is 13.8. The molecule has 2 aliphatic heterocycles. The maximum absolute atomic E-state index is 13.8. The Morgan fingerprint density at radius 3 is 2.70 bits per heavy atom. The van der Waals surface area contributed by atoms with Crippen LogP contribution in [0.5, 0.6) is 0 Å². The Kier molecular flexibility index (Phi) is 5.59. The Hall–Kier alpha value is -2.96. The number of rotatable bonds is 5. The van der Waals surface area contributed by atoms with Gasteiger partial charge in [0, 0.05) is 37.3 Å². The number of nitrogens with zero attached hydrogens (tertiary/aromatic N) is 3. The highest BCUT2D eigenvalue weighted by Gasteiger charge is 2.41. The molecule has 3 aromatic rings. The zero-order chi connectivity index (χ0) is 23.2. The van der Waals surface area contributed by atoms with Gasteiger partial charge in [-0.3, -0.25) is 4.79 Å². The van der Waals surface area contributed by atoms with E-state index in [2.05, 4.69) is 15.8 Å². The van der Waals surface area contributed by atoms with Gasteiger partial charge in [0.1, 0.15) is 5.82 Å². The minimum Gasteiger partial charge on any atom is -0.362 e. The molecule has 0 spiro atoms. The van der Waals surface area contributed by atoms with Gasteiger partial charge in [-0.2, -0.15) is 0 Å². The molecule has 0 N–H and O–H groups in total. The first-order chi connectivity index (χ1) is 15.9. The Bertz CT molecular complexity index is 1370. The molecular weight excluding hydrogens is 461 g/mol. The molecule has 1 aromatic heterocycles. The van der Waals surface area contributed by atoms with Gasteiger partial charge in [-0.05, 0) is 43.2 Å². The average Bonchev–Trinajstić information content (AvgIpc) is 3.39. The van der Waals surface area contributed by atoms with Gasteiger partial charge >= 0.3 is 0 Å². The standard InChI is InChI=1S/C24H22FN3O3S2/c1-2-16-12-17(8-9-20(16)25)28-18-6-7-19(28)14-27(13-18)23(29)10-11-33(30,31)22-5-3-4-21-24(22)32-15-26-21/h1,3-5,8-9,12,15,18-19H,6-7,10-11,13-14H2. The number of likely N-dealkylation sites (tertiary alicyclic amines) is 1. The lowest BCUT2D eigenvalue weighted by Gasteiger charge is -2.42. The number of sulfone groups is 1. The molecule has 5 rings (SSSR count). The minimum atomic E-state index is -3.61. The van der Waals surface area contributed by atoms with Crippen molar-refractivity contribution in [3.05, 3.63) is 53.3 Å². The fraction of sp³-hybridized carbons (Fsp3) is 0.333. The predicted octanol–water partition coefficient (Wildman–Crippen LogP) is 3.46. The Morgan fingerprint density at radius 1 is 1.21 bits per heavy atom. The van der Waals surface area contributed by atoms with E-state index in [9.17, 15) is 17.6 Å². The lowest BCUT2D eigenvalue weighted by molar-refractivity contribution is -0.131. The summed E-state index contributed by atoms with van der Waals surface area (Å²) in [4.78, 5) is 21.4. The van der Waals surface area contributed by atoms with Crippen LogP contribution in [0.15, 0.2) is 46.8 Å². The molecule has 1 amide bonds. The van der Waals surface area contributed by atoms with Gasteiger partial charge in [0.05, 0.1) is 31.9 Å². The van der Waals surface area contributed by atoms with Crippen molar-refractivity contribution in [2.75, 3.05) is 23.7 Å². The summed E-state index contributed by atoms with van der Waals surface area (Å²) in [5.74, 6) is 1.57. The van der Waals surface area contributed by atoms with E-state index < -0.39 is 15.7 Å². The molecule has 9 heteroatoms. The molecule has 3 heterocycles. The lowest BCUT2D eigenvalue weighted by atomic mass is 10.1. The molecule has 2 bridgehead atoms. The molecular formula is C24H22FN3O3S2. The van der Waals surface area contributed by atoms with E-state index in [4.69, 9.17) is 6.42 Å². The molecule has 0 aliphatic carbocycles. The Morgan fingerprint density at radius 2 is 1.97 bits per heavy atom. The highest BCUT2D eigenvalue weighted by molar-refractivity contribution is 7.91. The molecule has 33 heavy (non-hydrogen) atoms. The number of fused-ring (bicyclic) bond motifs is 3. The SMILES string of the molecule is C#Cc1cc(N2C3CCC2CN(C(=O)CCS(=O)(=O)c2cccc4ncsc24)C3)ccc1F. The van der Waals surface area contributed by atoms with Crippen LogP contribution in [0.1, 0.15) is 24.8 Å². The summed E-state index contributed by atoms with van der Waals surface area (Å²) in [6.45, 7) is 1.03. The van der Waals surface area contributed by atoms with Crippen molar-refractivity contribution < 1.29 is 17.6 Å². The number of hydrogen-bond acceptors (Lipinski definition) is 6. The van der Waals surface area contributed by atoms with Crippen molar-refractivity contribution >= 4 is 43.0 Å². The third kappa shape index (κ3) is 3.98. The van der Waals surface area contributed by atoms with Crippen LogP contribution < -0.4 is 4.90 Å². The van der Waals surface area contributed by atoms with Crippen molar-refractivity contribution in [3.8, 4) is 12.3 Å². The number of piperazine rings is 1. The predicted molar refractivity (Wildman–Crippen MR) is 126 cm³/mol. The fourth-order valence-electron chi connectivity index (χ4n) is 4.91. The van der Waals surface area contributed by atoms with E-state index in [1.165, 1.54) is 17.4 Å². The highest BCUT2D eigenvalue weighted by Crippen LogP contribution is 2.36. The maximum Gasteiger partial charge on any atom is 0.223 e. The molecule has 2 unspecified atom stereocenters. The number of thiazole rings is 1. The highest BCUT2D eigenvalue weighted by atomic mass is 32.2. The van der Waals surface area contributed by atoms with Crippen LogP contribution in [-0.2, 0) is 14.6 Å². The van der Waals surface area contributed by atoms with Crippen LogP contribution >= 0.6 is 11.3 Å². The number of halogens is 1.